The molecule has 3 aromatic carbocycles. The highest BCUT2D eigenvalue weighted by atomic mass is 16.5. The maximum Gasteiger partial charge on any atom is 0.258 e. The fourth-order valence-corrected chi connectivity index (χ4v) is 3.77. The van der Waals surface area contributed by atoms with Gasteiger partial charge in [-0.2, -0.15) is 0 Å². The van der Waals surface area contributed by atoms with Gasteiger partial charge in [0.25, 0.3) is 5.91 Å². The maximum atomic E-state index is 13.1. The SMILES string of the molecule is COc1cc2c(cc1OC)/C(=C(/Nc1ccc(-c3nnn[nH]3)cc1)c1ccccc1)C(=O)N2. The van der Waals surface area contributed by atoms with Crippen molar-refractivity contribution in [1.82, 2.24) is 20.6 Å². The molecule has 1 amide bonds. The number of anilines is 2. The van der Waals surface area contributed by atoms with Crippen molar-refractivity contribution in [3.63, 3.8) is 0 Å². The Bertz CT molecular complexity index is 1330. The zero-order valence-corrected chi connectivity index (χ0v) is 17.9. The molecule has 0 spiro atoms. The van der Waals surface area contributed by atoms with E-state index in [0.29, 0.717) is 34.3 Å². The van der Waals surface area contributed by atoms with Gasteiger partial charge in [0.2, 0.25) is 0 Å². The molecule has 2 heterocycles. The van der Waals surface area contributed by atoms with Crippen molar-refractivity contribution in [2.75, 3.05) is 24.9 Å². The second-order valence-corrected chi connectivity index (χ2v) is 7.28. The second kappa shape index (κ2) is 8.46. The number of carbonyl (C=O) groups is 1. The predicted octanol–water partition coefficient (Wildman–Crippen LogP) is 3.82. The Labute approximate surface area is 189 Å². The number of rotatable bonds is 6. The zero-order chi connectivity index (χ0) is 22.8. The first kappa shape index (κ1) is 20.3. The number of ether oxygens (including phenoxy) is 2. The number of carbonyl (C=O) groups excluding carboxylic acids is 1. The first-order chi connectivity index (χ1) is 16.2. The van der Waals surface area contributed by atoms with Gasteiger partial charge < -0.3 is 20.1 Å². The zero-order valence-electron chi connectivity index (χ0n) is 17.9. The predicted molar refractivity (Wildman–Crippen MR) is 125 cm³/mol. The summed E-state index contributed by atoms with van der Waals surface area (Å²) in [5, 5.41) is 20.3. The molecule has 33 heavy (non-hydrogen) atoms. The molecule has 0 saturated carbocycles. The Morgan fingerprint density at radius 1 is 0.939 bits per heavy atom. The summed E-state index contributed by atoms with van der Waals surface area (Å²) in [4.78, 5) is 13.1. The minimum Gasteiger partial charge on any atom is -0.493 e. The molecule has 164 valence electrons. The van der Waals surface area contributed by atoms with E-state index in [9.17, 15) is 4.79 Å². The van der Waals surface area contributed by atoms with E-state index in [1.807, 2.05) is 60.7 Å². The van der Waals surface area contributed by atoms with Crippen LogP contribution in [0.5, 0.6) is 11.5 Å². The van der Waals surface area contributed by atoms with E-state index < -0.39 is 0 Å². The van der Waals surface area contributed by atoms with Crippen LogP contribution in [-0.4, -0.2) is 40.8 Å². The lowest BCUT2D eigenvalue weighted by molar-refractivity contribution is -0.110. The molecule has 0 fully saturated rings. The van der Waals surface area contributed by atoms with Crippen molar-refractivity contribution >= 4 is 28.6 Å². The van der Waals surface area contributed by atoms with Crippen LogP contribution in [0.25, 0.3) is 22.7 Å². The first-order valence-corrected chi connectivity index (χ1v) is 10.2. The molecule has 9 heteroatoms. The summed E-state index contributed by atoms with van der Waals surface area (Å²) in [6.07, 6.45) is 0. The van der Waals surface area contributed by atoms with E-state index in [2.05, 4.69) is 31.3 Å². The molecule has 1 aliphatic rings. The van der Waals surface area contributed by atoms with E-state index in [4.69, 9.17) is 9.47 Å². The second-order valence-electron chi connectivity index (χ2n) is 7.28. The number of nitrogens with one attached hydrogen (secondary N) is 3. The number of hydrogen-bond donors (Lipinski definition) is 3. The highest BCUT2D eigenvalue weighted by Gasteiger charge is 2.30. The van der Waals surface area contributed by atoms with E-state index in [1.54, 1.807) is 20.3 Å². The molecule has 5 rings (SSSR count). The number of fused-ring (bicyclic) bond motifs is 1. The molecule has 0 aliphatic carbocycles. The smallest absolute Gasteiger partial charge is 0.258 e. The van der Waals surface area contributed by atoms with Gasteiger partial charge >= 0.3 is 0 Å². The number of benzene rings is 3. The minimum atomic E-state index is -0.212. The van der Waals surface area contributed by atoms with Gasteiger partial charge in [0, 0.05) is 22.9 Å². The van der Waals surface area contributed by atoms with Gasteiger partial charge in [-0.05, 0) is 46.3 Å². The molecule has 0 radical (unpaired) electrons. The number of aromatic amines is 1. The molecule has 1 aromatic heterocycles. The summed E-state index contributed by atoms with van der Waals surface area (Å²) in [5.74, 6) is 1.46. The van der Waals surface area contributed by atoms with Crippen molar-refractivity contribution in [3.05, 3.63) is 77.9 Å². The van der Waals surface area contributed by atoms with Crippen molar-refractivity contribution < 1.29 is 14.3 Å². The molecule has 0 unspecified atom stereocenters. The summed E-state index contributed by atoms with van der Waals surface area (Å²) < 4.78 is 10.9. The number of hydrogen-bond acceptors (Lipinski definition) is 7. The molecule has 0 atom stereocenters. The lowest BCUT2D eigenvalue weighted by Gasteiger charge is -2.15. The van der Waals surface area contributed by atoms with Gasteiger partial charge in [-0.15, -0.1) is 5.10 Å². The van der Waals surface area contributed by atoms with E-state index in [1.165, 1.54) is 0 Å². The first-order valence-electron chi connectivity index (χ1n) is 10.2. The standard InChI is InChI=1S/C24H20N6O3/c1-32-19-12-17-18(13-20(19)33-2)26-24(31)21(17)22(14-6-4-3-5-7-14)25-16-10-8-15(9-11-16)23-27-29-30-28-23/h3-13,25H,1-2H3,(H,26,31)(H,27,28,29,30)/b22-21-. The normalized spacial score (nSPS) is 13.8. The quantitative estimate of drug-likeness (QED) is 0.391. The van der Waals surface area contributed by atoms with Gasteiger partial charge in [-0.3, -0.25) is 4.79 Å². The van der Waals surface area contributed by atoms with Crippen molar-refractivity contribution in [2.45, 2.75) is 0 Å². The fourth-order valence-electron chi connectivity index (χ4n) is 3.77. The number of H-pyrrole nitrogens is 1. The van der Waals surface area contributed by atoms with Crippen LogP contribution in [0.3, 0.4) is 0 Å². The van der Waals surface area contributed by atoms with Crippen LogP contribution in [0.4, 0.5) is 11.4 Å². The van der Waals surface area contributed by atoms with Crippen LogP contribution in [-0.2, 0) is 4.79 Å². The summed E-state index contributed by atoms with van der Waals surface area (Å²) in [7, 11) is 3.13. The third kappa shape index (κ3) is 3.76. The van der Waals surface area contributed by atoms with E-state index in [0.717, 1.165) is 22.4 Å². The summed E-state index contributed by atoms with van der Waals surface area (Å²) in [5.41, 5.74) is 5.10. The highest BCUT2D eigenvalue weighted by Crippen LogP contribution is 2.43. The maximum absolute atomic E-state index is 13.1. The summed E-state index contributed by atoms with van der Waals surface area (Å²) >= 11 is 0. The molecule has 3 N–H and O–H groups in total. The van der Waals surface area contributed by atoms with E-state index >= 15 is 0 Å². The van der Waals surface area contributed by atoms with Crippen molar-refractivity contribution in [1.29, 1.82) is 0 Å². The van der Waals surface area contributed by atoms with Gasteiger partial charge in [0.05, 0.1) is 31.2 Å². The highest BCUT2D eigenvalue weighted by molar-refractivity contribution is 6.37. The molecule has 1 aliphatic heterocycles. The minimum absolute atomic E-state index is 0.212. The third-order valence-corrected chi connectivity index (χ3v) is 5.35. The van der Waals surface area contributed by atoms with Crippen molar-refractivity contribution in [3.8, 4) is 22.9 Å². The largest absolute Gasteiger partial charge is 0.493 e. The van der Waals surface area contributed by atoms with Gasteiger partial charge in [-0.25, -0.2) is 5.10 Å². The molecular weight excluding hydrogens is 420 g/mol. The Kier molecular flexibility index (Phi) is 5.19. The Morgan fingerprint density at radius 2 is 1.67 bits per heavy atom. The Hall–Kier alpha value is -4.66. The van der Waals surface area contributed by atoms with Crippen LogP contribution in [0, 0.1) is 0 Å². The summed E-state index contributed by atoms with van der Waals surface area (Å²) in [6, 6.07) is 20.9. The fraction of sp³-hybridized carbons (Fsp3) is 0.0833. The van der Waals surface area contributed by atoms with Gasteiger partial charge in [-0.1, -0.05) is 30.3 Å². The van der Waals surface area contributed by atoms with Crippen LogP contribution >= 0.6 is 0 Å². The molecule has 9 nitrogen and oxygen atoms in total. The average molecular weight is 440 g/mol. The van der Waals surface area contributed by atoms with E-state index in [-0.39, 0.29) is 5.91 Å². The van der Waals surface area contributed by atoms with Gasteiger partial charge in [0.15, 0.2) is 17.3 Å². The van der Waals surface area contributed by atoms with Crippen LogP contribution < -0.4 is 20.1 Å². The lowest BCUT2D eigenvalue weighted by atomic mass is 9.99. The molecule has 4 aromatic rings. The number of amides is 1. The Morgan fingerprint density at radius 3 is 2.33 bits per heavy atom. The molecular formula is C24H20N6O3. The van der Waals surface area contributed by atoms with Crippen LogP contribution in [0.15, 0.2) is 66.7 Å². The summed E-state index contributed by atoms with van der Waals surface area (Å²) in [6.45, 7) is 0. The molecule has 0 saturated heterocycles. The number of tetrazole rings is 1. The van der Waals surface area contributed by atoms with Crippen molar-refractivity contribution in [2.24, 2.45) is 0 Å². The number of aromatic nitrogens is 4. The van der Waals surface area contributed by atoms with Gasteiger partial charge in [0.1, 0.15) is 0 Å². The average Bonchev–Trinajstić information content (AvgIpc) is 3.50. The Balaban J connectivity index is 1.62. The topological polar surface area (TPSA) is 114 Å². The number of methoxy groups -OCH3 is 2. The van der Waals surface area contributed by atoms with Crippen LogP contribution in [0.2, 0.25) is 0 Å². The monoisotopic (exact) mass is 440 g/mol. The van der Waals surface area contributed by atoms with Crippen LogP contribution in [0.1, 0.15) is 11.1 Å². The molecule has 0 bridgehead atoms. The third-order valence-electron chi connectivity index (χ3n) is 5.35. The lowest BCUT2D eigenvalue weighted by Crippen LogP contribution is -2.10. The number of nitrogens with zero attached hydrogens (tertiary/aromatic N) is 3.